The molecule has 1 aliphatic heterocycles. The number of aliphatic carboxylic acids is 1. The van der Waals surface area contributed by atoms with Gasteiger partial charge in [0.15, 0.2) is 0 Å². The molecule has 0 saturated heterocycles. The normalized spacial score (nSPS) is 13.3. The predicted octanol–water partition coefficient (Wildman–Crippen LogP) is 5.92. The Bertz CT molecular complexity index is 1300. The van der Waals surface area contributed by atoms with Gasteiger partial charge in [-0.25, -0.2) is 4.79 Å². The molecule has 4 N–H and O–H groups in total. The van der Waals surface area contributed by atoms with Gasteiger partial charge in [0.25, 0.3) is 5.91 Å². The lowest BCUT2D eigenvalue weighted by molar-refractivity contribution is -0.192. The minimum Gasteiger partial charge on any atom is -0.475 e. The second-order valence-corrected chi connectivity index (χ2v) is 9.42. The van der Waals surface area contributed by atoms with Crippen molar-refractivity contribution in [1.82, 2.24) is 4.90 Å². The highest BCUT2D eigenvalue weighted by atomic mass is 35.5. The standard InChI is InChI=1S/C23H20ClN3OS.C2HF3O2/c24-21-9-8-20(29-21)16-4-6-17(7-5-16)23(28)27-12-10-15(11-13-27)18-2-1-3-19(14-18)22(25)26;3-2(4,5)1(6)7/h1-10,14H,11-13H2,(H3,25,26);(H,6,7). The summed E-state index contributed by atoms with van der Waals surface area (Å²) in [6.45, 7) is 1.23. The first-order valence-electron chi connectivity index (χ1n) is 10.5. The molecule has 0 unspecified atom stereocenters. The Kier molecular flexibility index (Phi) is 8.54. The molecule has 0 saturated carbocycles. The van der Waals surface area contributed by atoms with Gasteiger partial charge in [0, 0.05) is 29.1 Å². The third-order valence-corrected chi connectivity index (χ3v) is 6.55. The number of thiophene rings is 1. The summed E-state index contributed by atoms with van der Waals surface area (Å²) >= 11 is 7.53. The van der Waals surface area contributed by atoms with Gasteiger partial charge in [0.2, 0.25) is 0 Å². The van der Waals surface area contributed by atoms with Crippen LogP contribution in [0.25, 0.3) is 16.0 Å². The Morgan fingerprint density at radius 3 is 2.19 bits per heavy atom. The summed E-state index contributed by atoms with van der Waals surface area (Å²) in [6.07, 6.45) is -2.22. The molecule has 188 valence electrons. The largest absolute Gasteiger partial charge is 0.490 e. The molecule has 0 aliphatic carbocycles. The average Bonchev–Trinajstić information content (AvgIpc) is 3.30. The van der Waals surface area contributed by atoms with Crippen LogP contribution in [0, 0.1) is 5.41 Å². The molecule has 1 aliphatic rings. The minimum atomic E-state index is -5.08. The maximum absolute atomic E-state index is 12.9. The molecule has 1 amide bonds. The van der Waals surface area contributed by atoms with Crippen LogP contribution in [-0.2, 0) is 4.79 Å². The predicted molar refractivity (Wildman–Crippen MR) is 134 cm³/mol. The van der Waals surface area contributed by atoms with Crippen LogP contribution in [0.4, 0.5) is 13.2 Å². The first-order valence-corrected chi connectivity index (χ1v) is 11.7. The quantitative estimate of drug-likeness (QED) is 0.285. The third-order valence-electron chi connectivity index (χ3n) is 5.27. The van der Waals surface area contributed by atoms with Crippen molar-refractivity contribution in [2.24, 2.45) is 5.73 Å². The second-order valence-electron chi connectivity index (χ2n) is 7.71. The van der Waals surface area contributed by atoms with Gasteiger partial charge in [-0.1, -0.05) is 48.0 Å². The van der Waals surface area contributed by atoms with E-state index in [0.29, 0.717) is 24.2 Å². The Labute approximate surface area is 213 Å². The van der Waals surface area contributed by atoms with Crippen molar-refractivity contribution in [1.29, 1.82) is 5.41 Å². The Morgan fingerprint density at radius 1 is 1.03 bits per heavy atom. The van der Waals surface area contributed by atoms with Crippen LogP contribution in [-0.4, -0.2) is 47.0 Å². The molecule has 11 heteroatoms. The van der Waals surface area contributed by atoms with E-state index in [0.717, 1.165) is 26.8 Å². The van der Waals surface area contributed by atoms with Gasteiger partial charge in [0.05, 0.1) is 4.34 Å². The van der Waals surface area contributed by atoms with Gasteiger partial charge in [-0.05, 0) is 53.5 Å². The van der Waals surface area contributed by atoms with Crippen LogP contribution in [0.15, 0.2) is 66.7 Å². The summed E-state index contributed by atoms with van der Waals surface area (Å²) in [5, 5.41) is 14.7. The van der Waals surface area contributed by atoms with E-state index in [4.69, 9.17) is 32.6 Å². The number of halogens is 4. The molecular weight excluding hydrogens is 515 g/mol. The third kappa shape index (κ3) is 6.96. The zero-order valence-corrected chi connectivity index (χ0v) is 20.3. The number of carbonyl (C=O) groups is 2. The average molecular weight is 536 g/mol. The fourth-order valence-electron chi connectivity index (χ4n) is 3.43. The van der Waals surface area contributed by atoms with Crippen molar-refractivity contribution in [3.63, 3.8) is 0 Å². The van der Waals surface area contributed by atoms with Crippen molar-refractivity contribution >= 4 is 46.2 Å². The maximum Gasteiger partial charge on any atom is 0.490 e. The van der Waals surface area contributed by atoms with Crippen LogP contribution < -0.4 is 5.73 Å². The zero-order valence-electron chi connectivity index (χ0n) is 18.7. The van der Waals surface area contributed by atoms with Gasteiger partial charge in [-0.15, -0.1) is 11.3 Å². The number of amidine groups is 1. The van der Waals surface area contributed by atoms with E-state index in [1.807, 2.05) is 65.6 Å². The molecule has 6 nitrogen and oxygen atoms in total. The number of hydrogen-bond donors (Lipinski definition) is 3. The van der Waals surface area contributed by atoms with Gasteiger partial charge in [-0.2, -0.15) is 13.2 Å². The fraction of sp³-hybridized carbons (Fsp3) is 0.160. The van der Waals surface area contributed by atoms with E-state index >= 15 is 0 Å². The van der Waals surface area contributed by atoms with Crippen LogP contribution in [0.2, 0.25) is 4.34 Å². The summed E-state index contributed by atoms with van der Waals surface area (Å²) in [5.41, 5.74) is 10.3. The summed E-state index contributed by atoms with van der Waals surface area (Å²) in [7, 11) is 0. The van der Waals surface area contributed by atoms with Crippen molar-refractivity contribution < 1.29 is 27.9 Å². The fourth-order valence-corrected chi connectivity index (χ4v) is 4.48. The number of carboxylic acid groups (broad SMARTS) is 1. The molecule has 3 aromatic rings. The number of carboxylic acids is 1. The highest BCUT2D eigenvalue weighted by Gasteiger charge is 2.38. The molecule has 0 atom stereocenters. The van der Waals surface area contributed by atoms with Crippen LogP contribution in [0.1, 0.15) is 27.9 Å². The lowest BCUT2D eigenvalue weighted by Crippen LogP contribution is -2.34. The first-order chi connectivity index (χ1) is 17.0. The van der Waals surface area contributed by atoms with E-state index in [2.05, 4.69) is 6.08 Å². The number of hydrogen-bond acceptors (Lipinski definition) is 4. The van der Waals surface area contributed by atoms with Gasteiger partial charge >= 0.3 is 12.1 Å². The summed E-state index contributed by atoms with van der Waals surface area (Å²) in [4.78, 5) is 24.7. The highest BCUT2D eigenvalue weighted by Crippen LogP contribution is 2.31. The number of amides is 1. The second kappa shape index (κ2) is 11.4. The lowest BCUT2D eigenvalue weighted by atomic mass is 9.97. The van der Waals surface area contributed by atoms with Crippen LogP contribution >= 0.6 is 22.9 Å². The molecule has 36 heavy (non-hydrogen) atoms. The number of rotatable bonds is 4. The molecule has 0 radical (unpaired) electrons. The Morgan fingerprint density at radius 2 is 1.69 bits per heavy atom. The summed E-state index contributed by atoms with van der Waals surface area (Å²) in [5.74, 6) is -2.66. The Hall–Kier alpha value is -3.63. The smallest absolute Gasteiger partial charge is 0.475 e. The number of nitrogens with two attached hydrogens (primary N) is 1. The highest BCUT2D eigenvalue weighted by molar-refractivity contribution is 7.19. The molecule has 2 heterocycles. The monoisotopic (exact) mass is 535 g/mol. The molecule has 0 spiro atoms. The molecular formula is C25H21ClF3N3O3S. The summed E-state index contributed by atoms with van der Waals surface area (Å²) in [6, 6.07) is 19.2. The topological polar surface area (TPSA) is 107 Å². The molecule has 1 aromatic heterocycles. The number of nitrogens with one attached hydrogen (secondary N) is 1. The number of benzene rings is 2. The molecule has 4 rings (SSSR count). The zero-order chi connectivity index (χ0) is 26.5. The van der Waals surface area contributed by atoms with Gasteiger partial charge in [0.1, 0.15) is 5.84 Å². The minimum absolute atomic E-state index is 0.0357. The van der Waals surface area contributed by atoms with Gasteiger partial charge in [-0.3, -0.25) is 10.2 Å². The van der Waals surface area contributed by atoms with Crippen molar-refractivity contribution in [3.05, 3.63) is 87.8 Å². The Balaban J connectivity index is 0.000000454. The van der Waals surface area contributed by atoms with Crippen LogP contribution in [0.5, 0.6) is 0 Å². The maximum atomic E-state index is 12.9. The van der Waals surface area contributed by atoms with Gasteiger partial charge < -0.3 is 15.7 Å². The van der Waals surface area contributed by atoms with E-state index in [1.165, 1.54) is 16.9 Å². The number of carbonyl (C=O) groups excluding carboxylic acids is 1. The van der Waals surface area contributed by atoms with E-state index in [1.54, 1.807) is 0 Å². The molecule has 2 aromatic carbocycles. The van der Waals surface area contributed by atoms with E-state index < -0.39 is 12.1 Å². The number of nitrogens with zero attached hydrogens (tertiary/aromatic N) is 1. The summed E-state index contributed by atoms with van der Waals surface area (Å²) < 4.78 is 32.5. The SMILES string of the molecule is N=C(N)c1cccc(C2=CCN(C(=O)c3ccc(-c4ccc(Cl)s4)cc3)CC2)c1.O=C(O)C(F)(F)F. The number of nitrogen functional groups attached to an aromatic ring is 1. The lowest BCUT2D eigenvalue weighted by Gasteiger charge is -2.27. The van der Waals surface area contributed by atoms with Crippen molar-refractivity contribution in [3.8, 4) is 10.4 Å². The first kappa shape index (κ1) is 27.0. The van der Waals surface area contributed by atoms with Crippen LogP contribution in [0.3, 0.4) is 0 Å². The molecule has 0 bridgehead atoms. The number of alkyl halides is 3. The van der Waals surface area contributed by atoms with E-state index in [-0.39, 0.29) is 11.7 Å². The van der Waals surface area contributed by atoms with Crippen molar-refractivity contribution in [2.45, 2.75) is 12.6 Å². The van der Waals surface area contributed by atoms with Crippen molar-refractivity contribution in [2.75, 3.05) is 13.1 Å². The molecule has 0 fully saturated rings. The van der Waals surface area contributed by atoms with E-state index in [9.17, 15) is 18.0 Å².